The van der Waals surface area contributed by atoms with E-state index in [1.165, 1.54) is 17.4 Å². The number of H-pyrrole nitrogens is 1. The van der Waals surface area contributed by atoms with Gasteiger partial charge in [0.1, 0.15) is 10.6 Å². The number of nitrogens with one attached hydrogen (secondary N) is 2. The molecule has 2 aromatic carbocycles. The Bertz CT molecular complexity index is 1460. The summed E-state index contributed by atoms with van der Waals surface area (Å²) in [6.07, 6.45) is 0.169. The molecule has 0 spiro atoms. The van der Waals surface area contributed by atoms with Gasteiger partial charge in [0.05, 0.1) is 24.2 Å². The molecule has 4 aromatic rings. The number of nitrogens with zero attached hydrogens (tertiary/aromatic N) is 1. The Morgan fingerprint density at radius 1 is 1.14 bits per heavy atom. The minimum absolute atomic E-state index is 0.0929. The van der Waals surface area contributed by atoms with Crippen LogP contribution in [-0.4, -0.2) is 38.7 Å². The molecule has 0 saturated heterocycles. The predicted octanol–water partition coefficient (Wildman–Crippen LogP) is 3.09. The van der Waals surface area contributed by atoms with E-state index in [2.05, 4.69) is 15.3 Å². The standard InChI is InChI=1S/C25H23N3O6S/c1-2-34-18-5-3-4-14(9-18)11-26-23(31)21-27-22(30)20-17(13-35-24(20)28-21)10-16-8-15(12-29)6-7-19(16)25(32)33/h3-9,13,29H,2,10-12H2,1H3,(H,26,31)(H,32,33)(H,27,28,30). The average molecular weight is 494 g/mol. The van der Waals surface area contributed by atoms with Crippen LogP contribution in [0.5, 0.6) is 5.75 Å². The highest BCUT2D eigenvalue weighted by molar-refractivity contribution is 7.16. The van der Waals surface area contributed by atoms with Crippen molar-refractivity contribution in [3.63, 3.8) is 0 Å². The number of ether oxygens (including phenoxy) is 1. The van der Waals surface area contributed by atoms with Gasteiger partial charge in [0.25, 0.3) is 11.5 Å². The molecule has 4 N–H and O–H groups in total. The summed E-state index contributed by atoms with van der Waals surface area (Å²) in [5.41, 5.74) is 2.09. The summed E-state index contributed by atoms with van der Waals surface area (Å²) in [5.74, 6) is -1.02. The lowest BCUT2D eigenvalue weighted by Gasteiger charge is -2.08. The van der Waals surface area contributed by atoms with Crippen LogP contribution in [0.25, 0.3) is 10.2 Å². The summed E-state index contributed by atoms with van der Waals surface area (Å²) in [6, 6.07) is 11.9. The highest BCUT2D eigenvalue weighted by Crippen LogP contribution is 2.26. The van der Waals surface area contributed by atoms with Crippen LogP contribution in [-0.2, 0) is 19.6 Å². The van der Waals surface area contributed by atoms with E-state index in [-0.39, 0.29) is 31.0 Å². The van der Waals surface area contributed by atoms with Crippen LogP contribution in [0.15, 0.2) is 52.6 Å². The molecule has 0 fully saturated rings. The number of hydrogen-bond acceptors (Lipinski definition) is 7. The molecule has 4 rings (SSSR count). The number of carboxylic acid groups (broad SMARTS) is 1. The molecule has 0 aliphatic carbocycles. The van der Waals surface area contributed by atoms with Crippen LogP contribution in [0.2, 0.25) is 0 Å². The van der Waals surface area contributed by atoms with Crippen molar-refractivity contribution in [1.82, 2.24) is 15.3 Å². The Hall–Kier alpha value is -4.02. The third-order valence-corrected chi connectivity index (χ3v) is 6.28. The van der Waals surface area contributed by atoms with Crippen molar-refractivity contribution in [2.45, 2.75) is 26.5 Å². The second kappa shape index (κ2) is 10.5. The monoisotopic (exact) mass is 493 g/mol. The molecular weight excluding hydrogens is 470 g/mol. The number of carbonyl (C=O) groups is 2. The first-order valence-electron chi connectivity index (χ1n) is 10.9. The van der Waals surface area contributed by atoms with Crippen molar-refractivity contribution in [3.05, 3.63) is 91.8 Å². The van der Waals surface area contributed by atoms with Gasteiger partial charge in [-0.15, -0.1) is 11.3 Å². The van der Waals surface area contributed by atoms with E-state index in [1.807, 2.05) is 31.2 Å². The van der Waals surface area contributed by atoms with Crippen LogP contribution in [0.3, 0.4) is 0 Å². The van der Waals surface area contributed by atoms with Gasteiger partial charge in [0.15, 0.2) is 0 Å². The van der Waals surface area contributed by atoms with Gasteiger partial charge < -0.3 is 25.3 Å². The van der Waals surface area contributed by atoms with Crippen LogP contribution >= 0.6 is 11.3 Å². The number of carboxylic acids is 1. The minimum Gasteiger partial charge on any atom is -0.494 e. The fourth-order valence-corrected chi connectivity index (χ4v) is 4.67. The third kappa shape index (κ3) is 5.39. The van der Waals surface area contributed by atoms with Crippen LogP contribution in [0.1, 0.15) is 50.2 Å². The van der Waals surface area contributed by atoms with Crippen molar-refractivity contribution < 1.29 is 24.5 Å². The number of aliphatic hydroxyl groups is 1. The van der Waals surface area contributed by atoms with Crippen molar-refractivity contribution in [2.75, 3.05) is 6.61 Å². The first-order chi connectivity index (χ1) is 16.9. The van der Waals surface area contributed by atoms with Crippen molar-refractivity contribution in [3.8, 4) is 5.75 Å². The van der Waals surface area contributed by atoms with Crippen molar-refractivity contribution in [1.29, 1.82) is 0 Å². The van der Waals surface area contributed by atoms with Gasteiger partial charge >= 0.3 is 5.97 Å². The van der Waals surface area contributed by atoms with Gasteiger partial charge in [-0.05, 0) is 52.8 Å². The van der Waals surface area contributed by atoms with Gasteiger partial charge in [0.2, 0.25) is 5.82 Å². The maximum atomic E-state index is 12.9. The first-order valence-corrected chi connectivity index (χ1v) is 11.7. The molecule has 0 saturated carbocycles. The van der Waals surface area contributed by atoms with E-state index in [9.17, 15) is 24.6 Å². The van der Waals surface area contributed by atoms with Crippen molar-refractivity contribution >= 4 is 33.4 Å². The van der Waals surface area contributed by atoms with Gasteiger partial charge in [-0.1, -0.05) is 24.3 Å². The molecule has 10 heteroatoms. The highest BCUT2D eigenvalue weighted by atomic mass is 32.1. The number of amides is 1. The maximum absolute atomic E-state index is 12.9. The second-order valence-corrected chi connectivity index (χ2v) is 8.61. The van der Waals surface area contributed by atoms with E-state index in [1.54, 1.807) is 17.5 Å². The number of thiophene rings is 1. The summed E-state index contributed by atoms with van der Waals surface area (Å²) in [5, 5.41) is 23.7. The quantitative estimate of drug-likeness (QED) is 0.281. The SMILES string of the molecule is CCOc1cccc(CNC(=O)c2nc3scc(Cc4cc(CO)ccc4C(=O)O)c3c(=O)[nH]2)c1. The minimum atomic E-state index is -1.10. The lowest BCUT2D eigenvalue weighted by Crippen LogP contribution is -2.27. The fourth-order valence-electron chi connectivity index (χ4n) is 3.73. The lowest BCUT2D eigenvalue weighted by molar-refractivity contribution is 0.0695. The Morgan fingerprint density at radius 3 is 2.71 bits per heavy atom. The van der Waals surface area contributed by atoms with Gasteiger partial charge in [-0.3, -0.25) is 9.59 Å². The number of hydrogen-bond donors (Lipinski definition) is 4. The molecule has 0 atom stereocenters. The molecule has 180 valence electrons. The number of aromatic carboxylic acids is 1. The lowest BCUT2D eigenvalue weighted by atomic mass is 9.98. The summed E-state index contributed by atoms with van der Waals surface area (Å²) >= 11 is 1.20. The number of aromatic nitrogens is 2. The van der Waals surface area contributed by atoms with Crippen molar-refractivity contribution in [2.24, 2.45) is 0 Å². The maximum Gasteiger partial charge on any atom is 0.335 e. The topological polar surface area (TPSA) is 142 Å². The van der Waals surface area contributed by atoms with Crippen LogP contribution in [0.4, 0.5) is 0 Å². The Kier molecular flexibility index (Phi) is 7.23. The Balaban J connectivity index is 1.56. The zero-order valence-electron chi connectivity index (χ0n) is 18.8. The molecule has 1 amide bonds. The summed E-state index contributed by atoms with van der Waals surface area (Å²) < 4.78 is 5.46. The summed E-state index contributed by atoms with van der Waals surface area (Å²) in [4.78, 5) is 44.4. The number of aliphatic hydroxyl groups excluding tert-OH is 1. The Labute approximate surface area is 204 Å². The molecule has 0 radical (unpaired) electrons. The number of aromatic amines is 1. The number of benzene rings is 2. The second-order valence-electron chi connectivity index (χ2n) is 7.75. The van der Waals surface area contributed by atoms with E-state index in [0.717, 1.165) is 5.56 Å². The van der Waals surface area contributed by atoms with Gasteiger partial charge in [-0.25, -0.2) is 9.78 Å². The van der Waals surface area contributed by atoms with Gasteiger partial charge in [0, 0.05) is 13.0 Å². The predicted molar refractivity (Wildman–Crippen MR) is 131 cm³/mol. The van der Waals surface area contributed by atoms with E-state index >= 15 is 0 Å². The van der Waals surface area contributed by atoms with E-state index in [0.29, 0.717) is 39.3 Å². The normalized spacial score (nSPS) is 10.9. The molecular formula is C25H23N3O6S. The third-order valence-electron chi connectivity index (χ3n) is 5.36. The van der Waals surface area contributed by atoms with Gasteiger partial charge in [-0.2, -0.15) is 0 Å². The molecule has 0 bridgehead atoms. The molecule has 2 heterocycles. The number of fused-ring (bicyclic) bond motifs is 1. The molecule has 0 unspecified atom stereocenters. The molecule has 35 heavy (non-hydrogen) atoms. The van der Waals surface area contributed by atoms with Crippen LogP contribution in [0, 0.1) is 0 Å². The van der Waals surface area contributed by atoms with E-state index < -0.39 is 17.4 Å². The zero-order chi connectivity index (χ0) is 24.9. The highest BCUT2D eigenvalue weighted by Gasteiger charge is 2.18. The zero-order valence-corrected chi connectivity index (χ0v) is 19.6. The number of rotatable bonds is 9. The molecule has 9 nitrogen and oxygen atoms in total. The van der Waals surface area contributed by atoms with Crippen LogP contribution < -0.4 is 15.6 Å². The fraction of sp³-hybridized carbons (Fsp3) is 0.200. The number of carbonyl (C=O) groups excluding carboxylic acids is 1. The molecule has 2 aromatic heterocycles. The largest absolute Gasteiger partial charge is 0.494 e. The first kappa shape index (κ1) is 24.1. The Morgan fingerprint density at radius 2 is 1.97 bits per heavy atom. The summed E-state index contributed by atoms with van der Waals surface area (Å²) in [7, 11) is 0. The summed E-state index contributed by atoms with van der Waals surface area (Å²) in [6.45, 7) is 2.43. The molecule has 0 aliphatic heterocycles. The smallest absolute Gasteiger partial charge is 0.335 e. The average Bonchev–Trinajstić information content (AvgIpc) is 3.26. The van der Waals surface area contributed by atoms with E-state index in [4.69, 9.17) is 4.74 Å². The molecule has 0 aliphatic rings.